The lowest BCUT2D eigenvalue weighted by Gasteiger charge is -2.10. The van der Waals surface area contributed by atoms with E-state index in [0.717, 1.165) is 10.5 Å². The number of rotatable bonds is 3. The number of carbonyl (C=O) groups is 3. The number of esters is 1. The molecule has 92 valence electrons. The molecular formula is C12H8ClNO4. The number of halogens is 1. The van der Waals surface area contributed by atoms with Gasteiger partial charge in [-0.15, -0.1) is 0 Å². The Labute approximate surface area is 108 Å². The molecule has 1 aliphatic rings. The quantitative estimate of drug-likeness (QED) is 0.467. The molecular weight excluding hydrogens is 258 g/mol. The summed E-state index contributed by atoms with van der Waals surface area (Å²) in [4.78, 5) is 34.3. The van der Waals surface area contributed by atoms with Crippen LogP contribution in [0.15, 0.2) is 36.2 Å². The van der Waals surface area contributed by atoms with Crippen molar-refractivity contribution in [1.82, 2.24) is 4.90 Å². The zero-order valence-corrected chi connectivity index (χ0v) is 9.89. The van der Waals surface area contributed by atoms with Crippen molar-refractivity contribution in [2.45, 2.75) is 0 Å². The first-order valence-electron chi connectivity index (χ1n) is 5.06. The zero-order chi connectivity index (χ0) is 13.1. The van der Waals surface area contributed by atoms with Crippen molar-refractivity contribution in [3.05, 3.63) is 41.8 Å². The number of hydrogen-bond donors (Lipinski definition) is 0. The number of carbonyl (C=O) groups excluding carboxylic acids is 3. The van der Waals surface area contributed by atoms with Crippen LogP contribution in [0.5, 0.6) is 0 Å². The second-order valence-corrected chi connectivity index (χ2v) is 3.95. The molecule has 1 amide bonds. The molecule has 1 fully saturated rings. The topological polar surface area (TPSA) is 63.7 Å². The molecule has 18 heavy (non-hydrogen) atoms. The molecule has 2 rings (SSSR count). The number of ether oxygens (including phenoxy) is 1. The highest BCUT2D eigenvalue weighted by Gasteiger charge is 2.37. The van der Waals surface area contributed by atoms with Crippen molar-refractivity contribution in [2.24, 2.45) is 0 Å². The molecule has 1 heterocycles. The second-order valence-electron chi connectivity index (χ2n) is 3.53. The van der Waals surface area contributed by atoms with Crippen molar-refractivity contribution in [2.75, 3.05) is 6.54 Å². The fraction of sp³-hybridized carbons (Fsp3) is 0.0833. The van der Waals surface area contributed by atoms with Crippen LogP contribution < -0.4 is 0 Å². The predicted molar refractivity (Wildman–Crippen MR) is 63.1 cm³/mol. The summed E-state index contributed by atoms with van der Waals surface area (Å²) in [6.07, 6.45) is 1.49. The molecule has 1 saturated heterocycles. The molecule has 5 nitrogen and oxygen atoms in total. The van der Waals surface area contributed by atoms with E-state index in [4.69, 9.17) is 16.3 Å². The van der Waals surface area contributed by atoms with E-state index in [1.165, 1.54) is 6.08 Å². The molecule has 1 aromatic rings. The highest BCUT2D eigenvalue weighted by atomic mass is 35.5. The third kappa shape index (κ3) is 2.57. The van der Waals surface area contributed by atoms with Gasteiger partial charge in [0.25, 0.3) is 0 Å². The van der Waals surface area contributed by atoms with Crippen LogP contribution >= 0.6 is 11.6 Å². The number of nitrogens with zero attached hydrogens (tertiary/aromatic N) is 1. The van der Waals surface area contributed by atoms with Crippen molar-refractivity contribution >= 4 is 34.8 Å². The van der Waals surface area contributed by atoms with Crippen molar-refractivity contribution in [3.63, 3.8) is 0 Å². The average molecular weight is 266 g/mol. The summed E-state index contributed by atoms with van der Waals surface area (Å²) in [5.74, 6) is -1.91. The van der Waals surface area contributed by atoms with Crippen LogP contribution in [0, 0.1) is 0 Å². The molecule has 0 N–H and O–H groups in total. The van der Waals surface area contributed by atoms with Gasteiger partial charge in [0.05, 0.1) is 0 Å². The summed E-state index contributed by atoms with van der Waals surface area (Å²) in [5.41, 5.74) is 0.738. The Kier molecular flexibility index (Phi) is 3.43. The second kappa shape index (κ2) is 5.01. The molecule has 1 aliphatic heterocycles. The average Bonchev–Trinajstić information content (AvgIpc) is 2.58. The van der Waals surface area contributed by atoms with Gasteiger partial charge in [-0.05, 0) is 17.2 Å². The van der Waals surface area contributed by atoms with Gasteiger partial charge in [0.2, 0.25) is 11.1 Å². The Morgan fingerprint density at radius 1 is 1.28 bits per heavy atom. The van der Waals surface area contributed by atoms with Crippen molar-refractivity contribution in [1.29, 1.82) is 0 Å². The highest BCUT2D eigenvalue weighted by molar-refractivity contribution is 6.64. The Hall–Kier alpha value is -2.14. The van der Waals surface area contributed by atoms with Crippen LogP contribution in [0.4, 0.5) is 0 Å². The third-order valence-electron chi connectivity index (χ3n) is 2.26. The van der Waals surface area contributed by atoms with Gasteiger partial charge in [0.15, 0.2) is 0 Å². The molecule has 1 aromatic carbocycles. The predicted octanol–water partition coefficient (Wildman–Crippen LogP) is 1.14. The van der Waals surface area contributed by atoms with E-state index in [9.17, 15) is 14.4 Å². The highest BCUT2D eigenvalue weighted by Crippen LogP contribution is 2.19. The summed E-state index contributed by atoms with van der Waals surface area (Å²) in [5, 5.41) is -0.749. The molecule has 0 radical (unpaired) electrons. The lowest BCUT2D eigenvalue weighted by atomic mass is 10.2. The minimum atomic E-state index is -1.02. The number of benzene rings is 1. The van der Waals surface area contributed by atoms with E-state index in [2.05, 4.69) is 0 Å². The first-order valence-corrected chi connectivity index (χ1v) is 5.44. The van der Waals surface area contributed by atoms with Gasteiger partial charge >= 0.3 is 11.9 Å². The summed E-state index contributed by atoms with van der Waals surface area (Å²) in [6.45, 7) is -0.398. The van der Waals surface area contributed by atoms with Crippen molar-refractivity contribution < 1.29 is 19.1 Å². The third-order valence-corrected chi connectivity index (χ3v) is 2.37. The van der Waals surface area contributed by atoms with E-state index in [1.807, 2.05) is 6.07 Å². The van der Waals surface area contributed by atoms with Gasteiger partial charge in [0, 0.05) is 6.08 Å². The van der Waals surface area contributed by atoms with Gasteiger partial charge in [-0.3, -0.25) is 14.5 Å². The Morgan fingerprint density at radius 3 is 2.56 bits per heavy atom. The fourth-order valence-corrected chi connectivity index (χ4v) is 1.60. The van der Waals surface area contributed by atoms with Gasteiger partial charge in [-0.1, -0.05) is 30.3 Å². The van der Waals surface area contributed by atoms with Crippen LogP contribution in [0.3, 0.4) is 0 Å². The standard InChI is InChI=1S/C12H8ClNO4/c13-9(15)7-14-10(18-12(17)11(14)16)6-8-4-2-1-3-5-8/h1-6H,7H2. The lowest BCUT2D eigenvalue weighted by Crippen LogP contribution is -2.30. The SMILES string of the molecule is O=C(Cl)CN1C(=O)C(=O)OC1=Cc1ccccc1. The normalized spacial score (nSPS) is 17.2. The Balaban J connectivity index is 2.31. The van der Waals surface area contributed by atoms with Crippen LogP contribution in [-0.4, -0.2) is 28.6 Å². The molecule has 0 unspecified atom stereocenters. The maximum atomic E-state index is 11.4. The number of cyclic esters (lactones) is 1. The molecule has 0 spiro atoms. The smallest absolute Gasteiger partial charge is 0.402 e. The Bertz CT molecular complexity index is 538. The fourth-order valence-electron chi connectivity index (χ4n) is 1.48. The summed E-state index contributed by atoms with van der Waals surface area (Å²) < 4.78 is 4.78. The van der Waals surface area contributed by atoms with Crippen LogP contribution in [0.1, 0.15) is 5.56 Å². The van der Waals surface area contributed by atoms with Crippen molar-refractivity contribution in [3.8, 4) is 0 Å². The van der Waals surface area contributed by atoms with E-state index >= 15 is 0 Å². The molecule has 6 heteroatoms. The van der Waals surface area contributed by atoms with Gasteiger partial charge in [-0.25, -0.2) is 4.79 Å². The maximum Gasteiger partial charge on any atom is 0.404 e. The number of hydrogen-bond acceptors (Lipinski definition) is 4. The monoisotopic (exact) mass is 265 g/mol. The summed E-state index contributed by atoms with van der Waals surface area (Å²) in [6, 6.07) is 8.95. The summed E-state index contributed by atoms with van der Waals surface area (Å²) in [7, 11) is 0. The lowest BCUT2D eigenvalue weighted by molar-refractivity contribution is -0.147. The first kappa shape index (κ1) is 12.3. The van der Waals surface area contributed by atoms with E-state index < -0.39 is 23.7 Å². The van der Waals surface area contributed by atoms with Crippen LogP contribution in [-0.2, 0) is 19.1 Å². The molecule has 0 saturated carbocycles. The van der Waals surface area contributed by atoms with E-state index in [0.29, 0.717) is 0 Å². The number of amides is 1. The zero-order valence-electron chi connectivity index (χ0n) is 9.13. The van der Waals surface area contributed by atoms with E-state index in [1.54, 1.807) is 24.3 Å². The molecule has 0 atom stereocenters. The molecule has 0 bridgehead atoms. The minimum Gasteiger partial charge on any atom is -0.402 e. The van der Waals surface area contributed by atoms with E-state index in [-0.39, 0.29) is 5.88 Å². The van der Waals surface area contributed by atoms with Gasteiger partial charge < -0.3 is 4.74 Å². The summed E-state index contributed by atoms with van der Waals surface area (Å²) >= 11 is 5.21. The molecule has 0 aromatic heterocycles. The van der Waals surface area contributed by atoms with Crippen LogP contribution in [0.2, 0.25) is 0 Å². The first-order chi connectivity index (χ1) is 8.58. The minimum absolute atomic E-state index is 0.00481. The Morgan fingerprint density at radius 2 is 1.94 bits per heavy atom. The van der Waals surface area contributed by atoms with Gasteiger partial charge in [0.1, 0.15) is 6.54 Å². The maximum absolute atomic E-state index is 11.4. The van der Waals surface area contributed by atoms with Gasteiger partial charge in [-0.2, -0.15) is 0 Å². The largest absolute Gasteiger partial charge is 0.404 e. The molecule has 0 aliphatic carbocycles. The van der Waals surface area contributed by atoms with Crippen LogP contribution in [0.25, 0.3) is 6.08 Å².